The fraction of sp³-hybridized carbons (Fsp3) is 0.889. The van der Waals surface area contributed by atoms with Gasteiger partial charge < -0.3 is 5.11 Å². The predicted octanol–water partition coefficient (Wildman–Crippen LogP) is 1.79. The van der Waals surface area contributed by atoms with Crippen LogP contribution in [-0.2, 0) is 15.6 Å². The third-order valence-corrected chi connectivity index (χ3v) is 3.30. The molecule has 1 N–H and O–H groups in total. The van der Waals surface area contributed by atoms with Gasteiger partial charge in [-0.05, 0) is 19.3 Å². The van der Waals surface area contributed by atoms with Crippen LogP contribution in [0.5, 0.6) is 0 Å². The topological polar surface area (TPSA) is 54.4 Å². The average molecular weight is 206 g/mol. The van der Waals surface area contributed by atoms with Crippen molar-refractivity contribution >= 4 is 16.8 Å². The molecule has 0 aromatic carbocycles. The van der Waals surface area contributed by atoms with E-state index in [0.717, 1.165) is 30.8 Å². The number of hydrogen-bond acceptors (Lipinski definition) is 2. The zero-order valence-electron chi connectivity index (χ0n) is 8.12. The summed E-state index contributed by atoms with van der Waals surface area (Å²) in [6, 6.07) is 0. The summed E-state index contributed by atoms with van der Waals surface area (Å²) >= 11 is 0. The summed E-state index contributed by atoms with van der Waals surface area (Å²) in [6.07, 6.45) is 3.67. The second kappa shape index (κ2) is 8.23. The molecule has 0 fully saturated rings. The van der Waals surface area contributed by atoms with Gasteiger partial charge in [0.05, 0.1) is 0 Å². The number of carboxylic acids is 1. The number of unbranched alkanes of at least 4 members (excludes halogenated alkanes) is 2. The summed E-state index contributed by atoms with van der Waals surface area (Å²) in [7, 11) is -0.682. The van der Waals surface area contributed by atoms with Crippen molar-refractivity contribution in [1.82, 2.24) is 0 Å². The van der Waals surface area contributed by atoms with Gasteiger partial charge >= 0.3 is 5.97 Å². The third kappa shape index (κ3) is 9.53. The minimum Gasteiger partial charge on any atom is -0.481 e. The van der Waals surface area contributed by atoms with Crippen LogP contribution in [0.3, 0.4) is 0 Å². The number of carbonyl (C=O) groups is 1. The van der Waals surface area contributed by atoms with Gasteiger partial charge in [-0.25, -0.2) is 0 Å². The van der Waals surface area contributed by atoms with E-state index in [4.69, 9.17) is 5.11 Å². The van der Waals surface area contributed by atoms with Gasteiger partial charge in [0.1, 0.15) is 0 Å². The molecular weight excluding hydrogens is 188 g/mol. The standard InChI is InChI=1S/C9H18O3S/c1-2-7-13(12)8-5-3-4-6-9(10)11/h2-8H2,1H3,(H,10,11). The molecule has 0 saturated carbocycles. The summed E-state index contributed by atoms with van der Waals surface area (Å²) < 4.78 is 11.1. The van der Waals surface area contributed by atoms with Crippen molar-refractivity contribution in [2.75, 3.05) is 11.5 Å². The highest BCUT2D eigenvalue weighted by Gasteiger charge is 1.99. The first-order valence-corrected chi connectivity index (χ1v) is 6.22. The van der Waals surface area contributed by atoms with Crippen molar-refractivity contribution in [3.63, 3.8) is 0 Å². The molecule has 0 aromatic heterocycles. The molecular formula is C9H18O3S. The summed E-state index contributed by atoms with van der Waals surface area (Å²) in [4.78, 5) is 10.1. The Morgan fingerprint density at radius 1 is 1.23 bits per heavy atom. The molecule has 0 saturated heterocycles. The lowest BCUT2D eigenvalue weighted by molar-refractivity contribution is -0.137. The van der Waals surface area contributed by atoms with Gasteiger partial charge in [-0.2, -0.15) is 0 Å². The SMILES string of the molecule is CCCS(=O)CCCCCC(=O)O. The van der Waals surface area contributed by atoms with Crippen molar-refractivity contribution < 1.29 is 14.1 Å². The van der Waals surface area contributed by atoms with Crippen molar-refractivity contribution in [1.29, 1.82) is 0 Å². The summed E-state index contributed by atoms with van der Waals surface area (Å²) in [5, 5.41) is 8.35. The molecule has 3 nitrogen and oxygen atoms in total. The lowest BCUT2D eigenvalue weighted by Crippen LogP contribution is -2.02. The Bertz CT molecular complexity index is 168. The Labute approximate surface area is 82.0 Å². The Morgan fingerprint density at radius 3 is 2.46 bits per heavy atom. The fourth-order valence-corrected chi connectivity index (χ4v) is 2.23. The van der Waals surface area contributed by atoms with Crippen LogP contribution in [0, 0.1) is 0 Å². The van der Waals surface area contributed by atoms with Gasteiger partial charge in [-0.3, -0.25) is 9.00 Å². The molecule has 0 aliphatic rings. The molecule has 78 valence electrons. The maximum Gasteiger partial charge on any atom is 0.303 e. The van der Waals surface area contributed by atoms with Gasteiger partial charge in [0.25, 0.3) is 0 Å². The van der Waals surface area contributed by atoms with Crippen molar-refractivity contribution in [3.05, 3.63) is 0 Å². The van der Waals surface area contributed by atoms with Crippen molar-refractivity contribution in [2.45, 2.75) is 39.0 Å². The fourth-order valence-electron chi connectivity index (χ4n) is 1.05. The highest BCUT2D eigenvalue weighted by atomic mass is 32.2. The van der Waals surface area contributed by atoms with E-state index < -0.39 is 16.8 Å². The summed E-state index contributed by atoms with van der Waals surface area (Å²) in [6.45, 7) is 2.02. The van der Waals surface area contributed by atoms with Gasteiger partial charge in [-0.1, -0.05) is 13.3 Å². The lowest BCUT2D eigenvalue weighted by atomic mass is 10.2. The molecule has 1 atom stereocenters. The zero-order chi connectivity index (χ0) is 10.1. The van der Waals surface area contributed by atoms with E-state index in [1.807, 2.05) is 6.92 Å². The largest absolute Gasteiger partial charge is 0.481 e. The van der Waals surface area contributed by atoms with E-state index in [2.05, 4.69) is 0 Å². The lowest BCUT2D eigenvalue weighted by Gasteiger charge is -1.99. The van der Waals surface area contributed by atoms with Gasteiger partial charge in [0.2, 0.25) is 0 Å². The van der Waals surface area contributed by atoms with Crippen LogP contribution >= 0.6 is 0 Å². The molecule has 0 radical (unpaired) electrons. The number of carboxylic acid groups (broad SMARTS) is 1. The third-order valence-electron chi connectivity index (χ3n) is 1.69. The second-order valence-corrected chi connectivity index (χ2v) is 4.75. The quantitative estimate of drug-likeness (QED) is 0.616. The molecule has 0 aromatic rings. The second-order valence-electron chi connectivity index (χ2n) is 3.05. The maximum atomic E-state index is 11.1. The van der Waals surface area contributed by atoms with Gasteiger partial charge in [0.15, 0.2) is 0 Å². The Morgan fingerprint density at radius 2 is 1.92 bits per heavy atom. The minimum atomic E-state index is -0.741. The number of aliphatic carboxylic acids is 1. The Kier molecular flexibility index (Phi) is 7.99. The molecule has 0 bridgehead atoms. The van der Waals surface area contributed by atoms with E-state index in [1.54, 1.807) is 0 Å². The van der Waals surface area contributed by atoms with Gasteiger partial charge in [0, 0.05) is 28.7 Å². The highest BCUT2D eigenvalue weighted by molar-refractivity contribution is 7.84. The normalized spacial score (nSPS) is 12.7. The van der Waals surface area contributed by atoms with Crippen LogP contribution in [0.1, 0.15) is 39.0 Å². The van der Waals surface area contributed by atoms with Crippen LogP contribution in [0.4, 0.5) is 0 Å². The number of rotatable bonds is 8. The first-order chi connectivity index (χ1) is 6.16. The van der Waals surface area contributed by atoms with E-state index in [9.17, 15) is 9.00 Å². The molecule has 0 heterocycles. The summed E-state index contributed by atoms with van der Waals surface area (Å²) in [5.74, 6) is 0.765. The molecule has 4 heteroatoms. The van der Waals surface area contributed by atoms with Crippen LogP contribution in [0.2, 0.25) is 0 Å². The zero-order valence-corrected chi connectivity index (χ0v) is 8.94. The van der Waals surface area contributed by atoms with E-state index >= 15 is 0 Å². The van der Waals surface area contributed by atoms with Crippen LogP contribution < -0.4 is 0 Å². The smallest absolute Gasteiger partial charge is 0.303 e. The molecule has 0 rings (SSSR count). The van der Waals surface area contributed by atoms with Crippen LogP contribution in [0.15, 0.2) is 0 Å². The molecule has 1 unspecified atom stereocenters. The average Bonchev–Trinajstić information content (AvgIpc) is 2.03. The summed E-state index contributed by atoms with van der Waals surface area (Å²) in [5.41, 5.74) is 0. The van der Waals surface area contributed by atoms with Gasteiger partial charge in [-0.15, -0.1) is 0 Å². The van der Waals surface area contributed by atoms with Crippen LogP contribution in [0.25, 0.3) is 0 Å². The minimum absolute atomic E-state index is 0.237. The van der Waals surface area contributed by atoms with E-state index in [-0.39, 0.29) is 6.42 Å². The maximum absolute atomic E-state index is 11.1. The molecule has 0 amide bonds. The first kappa shape index (κ1) is 12.6. The monoisotopic (exact) mass is 206 g/mol. The number of hydrogen-bond donors (Lipinski definition) is 1. The Hall–Kier alpha value is -0.380. The molecule has 13 heavy (non-hydrogen) atoms. The van der Waals surface area contributed by atoms with E-state index in [0.29, 0.717) is 6.42 Å². The molecule has 0 aliphatic heterocycles. The van der Waals surface area contributed by atoms with Crippen molar-refractivity contribution in [3.8, 4) is 0 Å². The van der Waals surface area contributed by atoms with Crippen LogP contribution in [-0.4, -0.2) is 26.8 Å². The Balaban J connectivity index is 3.16. The van der Waals surface area contributed by atoms with Crippen molar-refractivity contribution in [2.24, 2.45) is 0 Å². The van der Waals surface area contributed by atoms with E-state index in [1.165, 1.54) is 0 Å². The molecule has 0 aliphatic carbocycles. The highest BCUT2D eigenvalue weighted by Crippen LogP contribution is 2.01. The molecule has 0 spiro atoms. The first-order valence-electron chi connectivity index (χ1n) is 4.73. The predicted molar refractivity (Wildman–Crippen MR) is 54.3 cm³/mol.